The van der Waals surface area contributed by atoms with Crippen molar-refractivity contribution in [2.24, 2.45) is 0 Å². The van der Waals surface area contributed by atoms with Gasteiger partial charge in [-0.05, 0) is 121 Å². The fourth-order valence-electron chi connectivity index (χ4n) is 8.15. The maximum Gasteiger partial charge on any atom is 0.164 e. The lowest BCUT2D eigenvalue weighted by molar-refractivity contribution is 1.07. The minimum Gasteiger partial charge on any atom is -0.388 e. The average Bonchev–Trinajstić information content (AvgIpc) is 3.39. The summed E-state index contributed by atoms with van der Waals surface area (Å²) in [6.45, 7) is 0. The first-order valence-electron chi connectivity index (χ1n) is 21.6. The van der Waals surface area contributed by atoms with Gasteiger partial charge in [0, 0.05) is 42.2 Å². The average molecular weight is 824 g/mol. The second-order valence-electron chi connectivity index (χ2n) is 15.8. The van der Waals surface area contributed by atoms with Crippen molar-refractivity contribution < 1.29 is 0 Å². The SMILES string of the molecule is CNc1ccc(-c2cccc(-c3ccc(-c4nc(-c5ccc(-c6cccc(-c7ccc(NC)cc7)c6)cc5)nc(-c5cc(-c6ccccc6)cc(-c6ccccc6)c5)n4)cc3)c2)cc1. The Hall–Kier alpha value is -8.41. The minimum absolute atomic E-state index is 0.608. The summed E-state index contributed by atoms with van der Waals surface area (Å²) in [5.74, 6) is 1.83. The molecule has 10 aromatic rings. The van der Waals surface area contributed by atoms with Crippen molar-refractivity contribution in [2.75, 3.05) is 24.7 Å². The van der Waals surface area contributed by atoms with Crippen LogP contribution in [0.2, 0.25) is 0 Å². The Morgan fingerprint density at radius 2 is 0.469 bits per heavy atom. The third kappa shape index (κ3) is 8.56. The van der Waals surface area contributed by atoms with E-state index in [9.17, 15) is 0 Å². The van der Waals surface area contributed by atoms with E-state index in [2.05, 4.69) is 223 Å². The second kappa shape index (κ2) is 17.9. The Bertz CT molecular complexity index is 2970. The molecule has 0 aliphatic rings. The molecule has 0 unspecified atom stereocenters. The largest absolute Gasteiger partial charge is 0.388 e. The molecule has 0 bridgehead atoms. The maximum atomic E-state index is 5.22. The number of benzene rings is 9. The van der Waals surface area contributed by atoms with E-state index in [1.54, 1.807) is 0 Å². The topological polar surface area (TPSA) is 62.7 Å². The van der Waals surface area contributed by atoms with Crippen LogP contribution in [0.3, 0.4) is 0 Å². The Balaban J connectivity index is 1.05. The molecule has 0 aliphatic carbocycles. The maximum absolute atomic E-state index is 5.22. The summed E-state index contributed by atoms with van der Waals surface area (Å²) in [4.78, 5) is 15.6. The summed E-state index contributed by atoms with van der Waals surface area (Å²) in [6, 6.07) is 79.1. The van der Waals surface area contributed by atoms with Gasteiger partial charge in [0.25, 0.3) is 0 Å². The van der Waals surface area contributed by atoms with Gasteiger partial charge in [-0.15, -0.1) is 0 Å². The molecule has 0 aliphatic heterocycles. The molecule has 1 aromatic heterocycles. The highest BCUT2D eigenvalue weighted by molar-refractivity contribution is 5.82. The third-order valence-corrected chi connectivity index (χ3v) is 11.7. The van der Waals surface area contributed by atoms with Gasteiger partial charge in [-0.25, -0.2) is 15.0 Å². The summed E-state index contributed by atoms with van der Waals surface area (Å²) in [6.07, 6.45) is 0. The van der Waals surface area contributed by atoms with Crippen molar-refractivity contribution in [1.29, 1.82) is 0 Å². The van der Waals surface area contributed by atoms with Gasteiger partial charge in [0.1, 0.15) is 0 Å². The van der Waals surface area contributed by atoms with E-state index < -0.39 is 0 Å². The predicted octanol–water partition coefficient (Wildman–Crippen LogP) is 15.0. The molecular weight excluding hydrogens is 779 g/mol. The highest BCUT2D eigenvalue weighted by Crippen LogP contribution is 2.35. The van der Waals surface area contributed by atoms with Gasteiger partial charge >= 0.3 is 0 Å². The van der Waals surface area contributed by atoms with E-state index in [0.29, 0.717) is 17.5 Å². The Morgan fingerprint density at radius 3 is 0.812 bits per heavy atom. The summed E-state index contributed by atoms with van der Waals surface area (Å²) in [5, 5.41) is 6.41. The molecular formula is C59H45N5. The smallest absolute Gasteiger partial charge is 0.164 e. The first kappa shape index (κ1) is 39.7. The number of hydrogen-bond donors (Lipinski definition) is 2. The summed E-state index contributed by atoms with van der Waals surface area (Å²) >= 11 is 0. The Kier molecular flexibility index (Phi) is 11.1. The first-order valence-corrected chi connectivity index (χ1v) is 21.6. The highest BCUT2D eigenvalue weighted by atomic mass is 15.0. The zero-order valence-electron chi connectivity index (χ0n) is 35.7. The lowest BCUT2D eigenvalue weighted by Gasteiger charge is -2.13. The molecule has 10 rings (SSSR count). The van der Waals surface area contributed by atoms with Crippen LogP contribution in [0, 0.1) is 0 Å². The molecule has 2 N–H and O–H groups in total. The molecule has 0 radical (unpaired) electrons. The first-order chi connectivity index (χ1) is 31.6. The van der Waals surface area contributed by atoms with Crippen LogP contribution in [0.25, 0.3) is 101 Å². The van der Waals surface area contributed by atoms with Gasteiger partial charge < -0.3 is 10.6 Å². The lowest BCUT2D eigenvalue weighted by atomic mass is 9.95. The van der Waals surface area contributed by atoms with Crippen molar-refractivity contribution in [3.05, 3.63) is 224 Å². The van der Waals surface area contributed by atoms with Crippen LogP contribution in [0.5, 0.6) is 0 Å². The second-order valence-corrected chi connectivity index (χ2v) is 15.8. The minimum atomic E-state index is 0.608. The Labute approximate surface area is 374 Å². The van der Waals surface area contributed by atoms with Crippen molar-refractivity contribution in [2.45, 2.75) is 0 Å². The third-order valence-electron chi connectivity index (χ3n) is 11.7. The van der Waals surface area contributed by atoms with E-state index >= 15 is 0 Å². The van der Waals surface area contributed by atoms with Crippen LogP contribution in [0.4, 0.5) is 11.4 Å². The molecule has 0 amide bonds. The fourth-order valence-corrected chi connectivity index (χ4v) is 8.15. The van der Waals surface area contributed by atoms with Gasteiger partial charge in [0.05, 0.1) is 0 Å². The zero-order chi connectivity index (χ0) is 43.2. The number of hydrogen-bond acceptors (Lipinski definition) is 5. The Morgan fingerprint density at radius 1 is 0.219 bits per heavy atom. The molecule has 306 valence electrons. The van der Waals surface area contributed by atoms with Gasteiger partial charge in [-0.3, -0.25) is 0 Å². The quantitative estimate of drug-likeness (QED) is 0.136. The molecule has 0 saturated heterocycles. The number of rotatable bonds is 11. The molecule has 9 aromatic carbocycles. The van der Waals surface area contributed by atoms with E-state index in [1.807, 2.05) is 26.2 Å². The van der Waals surface area contributed by atoms with Crippen LogP contribution < -0.4 is 10.6 Å². The van der Waals surface area contributed by atoms with Crippen molar-refractivity contribution >= 4 is 11.4 Å². The van der Waals surface area contributed by atoms with E-state index in [4.69, 9.17) is 15.0 Å². The molecule has 0 fully saturated rings. The zero-order valence-corrected chi connectivity index (χ0v) is 35.7. The summed E-state index contributed by atoms with van der Waals surface area (Å²) < 4.78 is 0. The van der Waals surface area contributed by atoms with E-state index in [1.165, 1.54) is 22.3 Å². The van der Waals surface area contributed by atoms with Gasteiger partial charge in [-0.1, -0.05) is 170 Å². The van der Waals surface area contributed by atoms with Crippen molar-refractivity contribution in [3.8, 4) is 101 Å². The summed E-state index contributed by atoms with van der Waals surface area (Å²) in [5.41, 5.74) is 18.5. The molecule has 0 spiro atoms. The van der Waals surface area contributed by atoms with Crippen LogP contribution in [0.15, 0.2) is 224 Å². The predicted molar refractivity (Wildman–Crippen MR) is 268 cm³/mol. The monoisotopic (exact) mass is 823 g/mol. The lowest BCUT2D eigenvalue weighted by Crippen LogP contribution is -2.00. The van der Waals surface area contributed by atoms with Crippen LogP contribution in [-0.2, 0) is 0 Å². The van der Waals surface area contributed by atoms with Crippen LogP contribution >= 0.6 is 0 Å². The molecule has 0 atom stereocenters. The normalized spacial score (nSPS) is 11.0. The number of nitrogens with zero attached hydrogens (tertiary/aromatic N) is 3. The fraction of sp³-hybridized carbons (Fsp3) is 0.0339. The molecule has 5 nitrogen and oxygen atoms in total. The molecule has 1 heterocycles. The molecule has 64 heavy (non-hydrogen) atoms. The van der Waals surface area contributed by atoms with E-state index in [-0.39, 0.29) is 0 Å². The van der Waals surface area contributed by atoms with E-state index in [0.717, 1.165) is 72.6 Å². The molecule has 0 saturated carbocycles. The van der Waals surface area contributed by atoms with Crippen LogP contribution in [-0.4, -0.2) is 29.0 Å². The highest BCUT2D eigenvalue weighted by Gasteiger charge is 2.16. The standard InChI is InChI=1S/C59H45N5/c1-60-55-31-27-44(28-32-55)50-17-9-15-48(35-50)42-19-23-46(24-20-42)57-62-58(47-25-21-43(22-26-47)49-16-10-18-51(36-49)45-29-33-56(61-2)34-30-45)64-59(63-57)54-38-52(40-11-5-3-6-12-40)37-53(39-54)41-13-7-4-8-14-41/h3-39,60-61H,1-2H3. The number of aromatic nitrogens is 3. The van der Waals surface area contributed by atoms with Crippen molar-refractivity contribution in [1.82, 2.24) is 15.0 Å². The number of anilines is 2. The van der Waals surface area contributed by atoms with Gasteiger partial charge in [-0.2, -0.15) is 0 Å². The number of nitrogens with one attached hydrogen (secondary N) is 2. The van der Waals surface area contributed by atoms with Gasteiger partial charge in [0.15, 0.2) is 17.5 Å². The van der Waals surface area contributed by atoms with Crippen LogP contribution in [0.1, 0.15) is 0 Å². The summed E-state index contributed by atoms with van der Waals surface area (Å²) in [7, 11) is 3.88. The van der Waals surface area contributed by atoms with Gasteiger partial charge in [0.2, 0.25) is 0 Å². The molecule has 5 heteroatoms. The van der Waals surface area contributed by atoms with Crippen molar-refractivity contribution in [3.63, 3.8) is 0 Å².